The summed E-state index contributed by atoms with van der Waals surface area (Å²) in [6.07, 6.45) is 0. The van der Waals surface area contributed by atoms with Crippen molar-refractivity contribution in [2.45, 2.75) is 11.7 Å². The molecule has 0 aliphatic carbocycles. The number of rotatable bonds is 6. The van der Waals surface area contributed by atoms with Crippen molar-refractivity contribution >= 4 is 40.2 Å². The first-order valence-corrected chi connectivity index (χ1v) is 10.8. The Morgan fingerprint density at radius 2 is 1.74 bits per heavy atom. The summed E-state index contributed by atoms with van der Waals surface area (Å²) in [5, 5.41) is 4.28. The lowest BCUT2D eigenvalue weighted by atomic mass is 10.2. The molecule has 0 saturated heterocycles. The molecule has 0 unspecified atom stereocenters. The van der Waals surface area contributed by atoms with Crippen LogP contribution >= 0.6 is 23.4 Å². The molecule has 8 heteroatoms. The lowest BCUT2D eigenvalue weighted by molar-refractivity contribution is -0.118. The van der Waals surface area contributed by atoms with Gasteiger partial charge in [0.05, 0.1) is 22.3 Å². The number of halogens is 2. The minimum atomic E-state index is -0.402. The van der Waals surface area contributed by atoms with E-state index in [9.17, 15) is 14.0 Å². The highest BCUT2D eigenvalue weighted by atomic mass is 35.5. The number of hydrogen-bond acceptors (Lipinski definition) is 4. The Labute approximate surface area is 186 Å². The van der Waals surface area contributed by atoms with E-state index >= 15 is 0 Å². The molecule has 0 spiro atoms. The number of fused-ring (bicyclic) bond motifs is 1. The molecule has 1 amide bonds. The maximum atomic E-state index is 13.4. The smallest absolute Gasteiger partial charge is 0.266 e. The van der Waals surface area contributed by atoms with Crippen molar-refractivity contribution in [3.05, 3.63) is 99.6 Å². The highest BCUT2D eigenvalue weighted by molar-refractivity contribution is 7.99. The highest BCUT2D eigenvalue weighted by Crippen LogP contribution is 2.21. The van der Waals surface area contributed by atoms with Crippen LogP contribution in [-0.4, -0.2) is 21.2 Å². The predicted molar refractivity (Wildman–Crippen MR) is 121 cm³/mol. The molecule has 5 nitrogen and oxygen atoms in total. The van der Waals surface area contributed by atoms with Crippen molar-refractivity contribution in [1.29, 1.82) is 0 Å². The van der Waals surface area contributed by atoms with Crippen LogP contribution in [0.15, 0.2) is 82.7 Å². The average Bonchev–Trinajstić information content (AvgIpc) is 2.78. The Morgan fingerprint density at radius 1 is 1.03 bits per heavy atom. The summed E-state index contributed by atoms with van der Waals surface area (Å²) in [5.74, 6) is -0.533. The van der Waals surface area contributed by atoms with Gasteiger partial charge in [0.2, 0.25) is 5.91 Å². The van der Waals surface area contributed by atoms with Gasteiger partial charge in [-0.1, -0.05) is 47.6 Å². The first kappa shape index (κ1) is 21.1. The molecule has 3 aromatic carbocycles. The molecule has 156 valence electrons. The zero-order chi connectivity index (χ0) is 21.8. The Kier molecular flexibility index (Phi) is 6.34. The fourth-order valence-corrected chi connectivity index (χ4v) is 3.98. The number of nitrogens with zero attached hydrogens (tertiary/aromatic N) is 2. The van der Waals surface area contributed by atoms with E-state index in [0.29, 0.717) is 33.3 Å². The van der Waals surface area contributed by atoms with Crippen LogP contribution in [0.25, 0.3) is 16.6 Å². The van der Waals surface area contributed by atoms with Gasteiger partial charge >= 0.3 is 0 Å². The summed E-state index contributed by atoms with van der Waals surface area (Å²) >= 11 is 7.02. The van der Waals surface area contributed by atoms with E-state index in [-0.39, 0.29) is 17.2 Å². The van der Waals surface area contributed by atoms with Crippen LogP contribution in [0.3, 0.4) is 0 Å². The molecule has 31 heavy (non-hydrogen) atoms. The molecule has 0 bridgehead atoms. The van der Waals surface area contributed by atoms with Gasteiger partial charge in [0.1, 0.15) is 5.82 Å². The summed E-state index contributed by atoms with van der Waals surface area (Å²) in [5.41, 5.74) is 1.67. The van der Waals surface area contributed by atoms with Gasteiger partial charge in [-0.3, -0.25) is 14.2 Å². The fraction of sp³-hybridized carbons (Fsp3) is 0.0870. The largest absolute Gasteiger partial charge is 0.351 e. The number of benzene rings is 3. The summed E-state index contributed by atoms with van der Waals surface area (Å²) < 4.78 is 14.8. The van der Waals surface area contributed by atoms with Crippen molar-refractivity contribution < 1.29 is 9.18 Å². The third-order valence-electron chi connectivity index (χ3n) is 4.57. The first-order valence-electron chi connectivity index (χ1n) is 9.43. The second kappa shape index (κ2) is 9.32. The Morgan fingerprint density at radius 3 is 2.48 bits per heavy atom. The molecule has 0 aliphatic rings. The first-order chi connectivity index (χ1) is 15.0. The number of amides is 1. The van der Waals surface area contributed by atoms with Gasteiger partial charge in [0.15, 0.2) is 5.16 Å². The minimum absolute atomic E-state index is 0.0690. The SMILES string of the molecule is O=C(CSc1nc2ccccc2c(=O)n1-c1ccc(F)cc1)NCc1ccc(Cl)cc1. The van der Waals surface area contributed by atoms with Gasteiger partial charge in [-0.25, -0.2) is 9.37 Å². The Hall–Kier alpha value is -3.16. The molecule has 1 heterocycles. The average molecular weight is 454 g/mol. The molecular weight excluding hydrogens is 437 g/mol. The third kappa shape index (κ3) is 4.95. The number of para-hydroxylation sites is 1. The second-order valence-corrected chi connectivity index (χ2v) is 8.10. The maximum Gasteiger partial charge on any atom is 0.266 e. The standard InChI is InChI=1S/C23H17ClFN3O2S/c24-16-7-5-15(6-8-16)13-26-21(29)14-31-23-27-20-4-2-1-3-19(20)22(30)28(23)18-11-9-17(25)10-12-18/h1-12H,13-14H2,(H,26,29). The summed E-state index contributed by atoms with van der Waals surface area (Å²) in [7, 11) is 0. The van der Waals surface area contributed by atoms with E-state index in [2.05, 4.69) is 10.3 Å². The van der Waals surface area contributed by atoms with E-state index in [4.69, 9.17) is 11.6 Å². The van der Waals surface area contributed by atoms with Crippen LogP contribution in [0, 0.1) is 5.82 Å². The van der Waals surface area contributed by atoms with Crippen LogP contribution < -0.4 is 10.9 Å². The monoisotopic (exact) mass is 453 g/mol. The number of thioether (sulfide) groups is 1. The highest BCUT2D eigenvalue weighted by Gasteiger charge is 2.15. The maximum absolute atomic E-state index is 13.4. The molecule has 0 saturated carbocycles. The van der Waals surface area contributed by atoms with Gasteiger partial charge in [0.25, 0.3) is 5.56 Å². The molecule has 1 N–H and O–H groups in total. The molecule has 0 aliphatic heterocycles. The zero-order valence-corrected chi connectivity index (χ0v) is 17.8. The van der Waals surface area contributed by atoms with Crippen LogP contribution in [-0.2, 0) is 11.3 Å². The van der Waals surface area contributed by atoms with Gasteiger partial charge in [-0.2, -0.15) is 0 Å². The Bertz CT molecular complexity index is 1290. The normalized spacial score (nSPS) is 10.9. The van der Waals surface area contributed by atoms with E-state index in [1.807, 2.05) is 12.1 Å². The lowest BCUT2D eigenvalue weighted by Crippen LogP contribution is -2.26. The van der Waals surface area contributed by atoms with Crippen molar-refractivity contribution in [1.82, 2.24) is 14.9 Å². The van der Waals surface area contributed by atoms with Gasteiger partial charge in [-0.15, -0.1) is 0 Å². The Balaban J connectivity index is 1.58. The topological polar surface area (TPSA) is 64.0 Å². The van der Waals surface area contributed by atoms with Crippen molar-refractivity contribution in [2.75, 3.05) is 5.75 Å². The summed E-state index contributed by atoms with van der Waals surface area (Å²) in [6, 6.07) is 19.8. The fourth-order valence-electron chi connectivity index (χ4n) is 3.01. The van der Waals surface area contributed by atoms with E-state index in [1.54, 1.807) is 36.4 Å². The predicted octanol–water partition coefficient (Wildman–Crippen LogP) is 4.59. The minimum Gasteiger partial charge on any atom is -0.351 e. The van der Waals surface area contributed by atoms with Crippen molar-refractivity contribution in [3.63, 3.8) is 0 Å². The van der Waals surface area contributed by atoms with Crippen LogP contribution in [0.2, 0.25) is 5.02 Å². The molecule has 0 atom stereocenters. The molecular formula is C23H17ClFN3O2S. The lowest BCUT2D eigenvalue weighted by Gasteiger charge is -2.13. The van der Waals surface area contributed by atoms with Crippen LogP contribution in [0.5, 0.6) is 0 Å². The molecule has 0 radical (unpaired) electrons. The molecule has 0 fully saturated rings. The third-order valence-corrected chi connectivity index (χ3v) is 5.76. The van der Waals surface area contributed by atoms with Crippen LogP contribution in [0.1, 0.15) is 5.56 Å². The summed E-state index contributed by atoms with van der Waals surface area (Å²) in [4.78, 5) is 30.1. The quantitative estimate of drug-likeness (QED) is 0.342. The number of nitrogens with one attached hydrogen (secondary N) is 1. The van der Waals surface area contributed by atoms with E-state index in [0.717, 1.165) is 17.3 Å². The number of aromatic nitrogens is 2. The second-order valence-electron chi connectivity index (χ2n) is 6.72. The molecule has 4 rings (SSSR count). The zero-order valence-electron chi connectivity index (χ0n) is 16.2. The van der Waals surface area contributed by atoms with Gasteiger partial charge < -0.3 is 5.32 Å². The van der Waals surface area contributed by atoms with E-state index < -0.39 is 5.82 Å². The van der Waals surface area contributed by atoms with Crippen molar-refractivity contribution in [3.8, 4) is 5.69 Å². The number of carbonyl (C=O) groups excluding carboxylic acids is 1. The van der Waals surface area contributed by atoms with Gasteiger partial charge in [-0.05, 0) is 54.1 Å². The van der Waals surface area contributed by atoms with Crippen LogP contribution in [0.4, 0.5) is 4.39 Å². The van der Waals surface area contributed by atoms with Crippen molar-refractivity contribution in [2.24, 2.45) is 0 Å². The van der Waals surface area contributed by atoms with Gasteiger partial charge in [0, 0.05) is 11.6 Å². The number of carbonyl (C=O) groups is 1. The summed E-state index contributed by atoms with van der Waals surface area (Å²) in [6.45, 7) is 0.368. The molecule has 1 aromatic heterocycles. The van der Waals surface area contributed by atoms with E-state index in [1.165, 1.54) is 28.8 Å². The molecule has 4 aromatic rings. The number of hydrogen-bond donors (Lipinski definition) is 1.